The van der Waals surface area contributed by atoms with Crippen molar-refractivity contribution in [1.29, 1.82) is 0 Å². The summed E-state index contributed by atoms with van der Waals surface area (Å²) < 4.78 is 1.70. The van der Waals surface area contributed by atoms with Crippen molar-refractivity contribution in [3.05, 3.63) is 53.9 Å². The van der Waals surface area contributed by atoms with E-state index in [0.717, 1.165) is 30.5 Å². The van der Waals surface area contributed by atoms with Crippen LogP contribution in [0.1, 0.15) is 31.0 Å². The standard InChI is InChI=1S/C18H22N4O2/c1-14(15-6-3-2-4-7-15)10-18(24)22-9-5-8-17(22)12-21-11-16(13-23)19-20-21/h2-4,6-7,10-11,17,23H,5,8-9,12-13H2,1H3/b14-10+/t17-/m0/s1. The third-order valence-corrected chi connectivity index (χ3v) is 4.38. The van der Waals surface area contributed by atoms with Crippen LogP contribution in [-0.2, 0) is 17.9 Å². The zero-order valence-electron chi connectivity index (χ0n) is 13.8. The Morgan fingerprint density at radius 3 is 2.88 bits per heavy atom. The molecule has 1 amide bonds. The average molecular weight is 326 g/mol. The highest BCUT2D eigenvalue weighted by Gasteiger charge is 2.28. The molecule has 0 radical (unpaired) electrons. The molecular weight excluding hydrogens is 304 g/mol. The van der Waals surface area contributed by atoms with Crippen LogP contribution >= 0.6 is 0 Å². The summed E-state index contributed by atoms with van der Waals surface area (Å²) in [5.41, 5.74) is 2.57. The lowest BCUT2D eigenvalue weighted by molar-refractivity contribution is -0.127. The lowest BCUT2D eigenvalue weighted by atomic mass is 10.1. The number of likely N-dealkylation sites (tertiary alicyclic amines) is 1. The van der Waals surface area contributed by atoms with Gasteiger partial charge in [0.2, 0.25) is 5.91 Å². The first-order valence-corrected chi connectivity index (χ1v) is 8.21. The second kappa shape index (κ2) is 7.40. The molecule has 2 aromatic rings. The van der Waals surface area contributed by atoms with Gasteiger partial charge < -0.3 is 10.0 Å². The predicted octanol–water partition coefficient (Wildman–Crippen LogP) is 1.86. The van der Waals surface area contributed by atoms with Gasteiger partial charge in [-0.25, -0.2) is 0 Å². The molecule has 1 atom stereocenters. The van der Waals surface area contributed by atoms with E-state index in [1.807, 2.05) is 42.2 Å². The van der Waals surface area contributed by atoms with Crippen molar-refractivity contribution in [2.75, 3.05) is 6.54 Å². The molecule has 0 bridgehead atoms. The first kappa shape index (κ1) is 16.4. The number of carbonyl (C=O) groups excluding carboxylic acids is 1. The molecule has 1 aromatic heterocycles. The molecule has 126 valence electrons. The quantitative estimate of drug-likeness (QED) is 0.852. The van der Waals surface area contributed by atoms with Crippen molar-refractivity contribution in [3.63, 3.8) is 0 Å². The molecule has 6 nitrogen and oxygen atoms in total. The van der Waals surface area contributed by atoms with E-state index in [9.17, 15) is 4.79 Å². The Labute approximate surface area is 141 Å². The van der Waals surface area contributed by atoms with Crippen molar-refractivity contribution in [3.8, 4) is 0 Å². The van der Waals surface area contributed by atoms with Crippen LogP contribution in [0.5, 0.6) is 0 Å². The maximum absolute atomic E-state index is 12.7. The van der Waals surface area contributed by atoms with E-state index in [1.54, 1.807) is 17.0 Å². The summed E-state index contributed by atoms with van der Waals surface area (Å²) in [6, 6.07) is 10.0. The molecule has 1 aliphatic heterocycles. The highest BCUT2D eigenvalue weighted by molar-refractivity contribution is 5.95. The number of nitrogens with zero attached hydrogens (tertiary/aromatic N) is 4. The van der Waals surface area contributed by atoms with Gasteiger partial charge in [0.25, 0.3) is 0 Å². The molecular formula is C18H22N4O2. The molecule has 0 unspecified atom stereocenters. The Morgan fingerprint density at radius 2 is 2.17 bits per heavy atom. The van der Waals surface area contributed by atoms with E-state index < -0.39 is 0 Å². The molecule has 0 aliphatic carbocycles. The van der Waals surface area contributed by atoms with Gasteiger partial charge in [-0.1, -0.05) is 35.5 Å². The summed E-state index contributed by atoms with van der Waals surface area (Å²) >= 11 is 0. The van der Waals surface area contributed by atoms with Gasteiger partial charge in [0.05, 0.1) is 25.4 Å². The van der Waals surface area contributed by atoms with Gasteiger partial charge >= 0.3 is 0 Å². The average Bonchev–Trinajstić information content (AvgIpc) is 3.25. The van der Waals surface area contributed by atoms with E-state index in [1.165, 1.54) is 0 Å². The maximum Gasteiger partial charge on any atom is 0.247 e. The minimum Gasteiger partial charge on any atom is -0.390 e. The second-order valence-corrected chi connectivity index (χ2v) is 6.11. The topological polar surface area (TPSA) is 71.2 Å². The summed E-state index contributed by atoms with van der Waals surface area (Å²) in [5, 5.41) is 17.0. The van der Waals surface area contributed by atoms with Crippen LogP contribution in [0.15, 0.2) is 42.6 Å². The van der Waals surface area contributed by atoms with E-state index in [4.69, 9.17) is 5.11 Å². The van der Waals surface area contributed by atoms with Gasteiger partial charge in [-0.05, 0) is 30.9 Å². The Balaban J connectivity index is 1.69. The molecule has 1 saturated heterocycles. The molecule has 1 N–H and O–H groups in total. The third-order valence-electron chi connectivity index (χ3n) is 4.38. The monoisotopic (exact) mass is 326 g/mol. The number of aliphatic hydroxyl groups is 1. The SMILES string of the molecule is C/C(=C\C(=O)N1CCC[C@H]1Cn1cc(CO)nn1)c1ccccc1. The van der Waals surface area contributed by atoms with Gasteiger partial charge in [-0.15, -0.1) is 5.10 Å². The number of allylic oxidation sites excluding steroid dienone is 1. The number of rotatable bonds is 5. The third kappa shape index (κ3) is 3.71. The smallest absolute Gasteiger partial charge is 0.247 e. The van der Waals surface area contributed by atoms with E-state index in [-0.39, 0.29) is 18.6 Å². The van der Waals surface area contributed by atoms with E-state index in [0.29, 0.717) is 12.2 Å². The Bertz CT molecular complexity index is 724. The second-order valence-electron chi connectivity index (χ2n) is 6.11. The molecule has 3 rings (SSSR count). The summed E-state index contributed by atoms with van der Waals surface area (Å²) in [4.78, 5) is 14.6. The van der Waals surface area contributed by atoms with Gasteiger partial charge in [-0.3, -0.25) is 9.48 Å². The zero-order valence-corrected chi connectivity index (χ0v) is 13.8. The first-order chi connectivity index (χ1) is 11.7. The fourth-order valence-corrected chi connectivity index (χ4v) is 3.08. The largest absolute Gasteiger partial charge is 0.390 e. The van der Waals surface area contributed by atoms with Crippen molar-refractivity contribution >= 4 is 11.5 Å². The minimum atomic E-state index is -0.119. The highest BCUT2D eigenvalue weighted by Crippen LogP contribution is 2.21. The fourth-order valence-electron chi connectivity index (χ4n) is 3.08. The maximum atomic E-state index is 12.7. The van der Waals surface area contributed by atoms with Crippen LogP contribution in [0.25, 0.3) is 5.57 Å². The predicted molar refractivity (Wildman–Crippen MR) is 90.8 cm³/mol. The van der Waals surface area contributed by atoms with Crippen LogP contribution in [0.4, 0.5) is 0 Å². The number of amides is 1. The molecule has 1 aliphatic rings. The van der Waals surface area contributed by atoms with Crippen molar-refractivity contribution < 1.29 is 9.90 Å². The zero-order chi connectivity index (χ0) is 16.9. The summed E-state index contributed by atoms with van der Waals surface area (Å²) in [6.45, 7) is 3.22. The number of hydrogen-bond acceptors (Lipinski definition) is 4. The number of aromatic nitrogens is 3. The van der Waals surface area contributed by atoms with E-state index >= 15 is 0 Å². The van der Waals surface area contributed by atoms with Crippen molar-refractivity contribution in [2.45, 2.75) is 39.0 Å². The van der Waals surface area contributed by atoms with Crippen LogP contribution < -0.4 is 0 Å². The summed E-state index contributed by atoms with van der Waals surface area (Å²) in [7, 11) is 0. The van der Waals surface area contributed by atoms with Gasteiger partial charge in [0.15, 0.2) is 0 Å². The van der Waals surface area contributed by atoms with Crippen LogP contribution in [0.3, 0.4) is 0 Å². The Morgan fingerprint density at radius 1 is 1.38 bits per heavy atom. The molecule has 2 heterocycles. The van der Waals surface area contributed by atoms with Gasteiger partial charge in [-0.2, -0.15) is 0 Å². The molecule has 1 fully saturated rings. The minimum absolute atomic E-state index is 0.0429. The number of carbonyl (C=O) groups is 1. The summed E-state index contributed by atoms with van der Waals surface area (Å²) in [5.74, 6) is 0.0429. The van der Waals surface area contributed by atoms with E-state index in [2.05, 4.69) is 10.3 Å². The number of aliphatic hydroxyl groups excluding tert-OH is 1. The Kier molecular flexibility index (Phi) is 5.05. The molecule has 24 heavy (non-hydrogen) atoms. The van der Waals surface area contributed by atoms with Crippen molar-refractivity contribution in [1.82, 2.24) is 19.9 Å². The Hall–Kier alpha value is -2.47. The fraction of sp³-hybridized carbons (Fsp3) is 0.389. The number of hydrogen-bond donors (Lipinski definition) is 1. The van der Waals surface area contributed by atoms with Gasteiger partial charge in [0, 0.05) is 12.6 Å². The van der Waals surface area contributed by atoms with Gasteiger partial charge in [0.1, 0.15) is 5.69 Å². The summed E-state index contributed by atoms with van der Waals surface area (Å²) in [6.07, 6.45) is 5.40. The van der Waals surface area contributed by atoms with Crippen LogP contribution in [0.2, 0.25) is 0 Å². The molecule has 6 heteroatoms. The molecule has 1 aromatic carbocycles. The van der Waals surface area contributed by atoms with Crippen LogP contribution in [0, 0.1) is 0 Å². The highest BCUT2D eigenvalue weighted by atomic mass is 16.3. The first-order valence-electron chi connectivity index (χ1n) is 8.21. The molecule has 0 saturated carbocycles. The number of benzene rings is 1. The molecule has 0 spiro atoms. The normalized spacial score (nSPS) is 18.2. The van der Waals surface area contributed by atoms with Crippen LogP contribution in [-0.4, -0.2) is 43.5 Å². The lowest BCUT2D eigenvalue weighted by Crippen LogP contribution is -2.37. The van der Waals surface area contributed by atoms with Crippen molar-refractivity contribution in [2.24, 2.45) is 0 Å². The lowest BCUT2D eigenvalue weighted by Gasteiger charge is -2.23.